The summed E-state index contributed by atoms with van der Waals surface area (Å²) in [7, 11) is 0. The number of hydrogen-bond donors (Lipinski definition) is 1. The number of rotatable bonds is 2. The van der Waals surface area contributed by atoms with E-state index in [1.54, 1.807) is 10.4 Å². The Labute approximate surface area is 108 Å². The molecule has 0 fully saturated rings. The Morgan fingerprint density at radius 1 is 1.06 bits per heavy atom. The number of aryl methyl sites for hydroxylation is 2. The van der Waals surface area contributed by atoms with Gasteiger partial charge in [0.2, 0.25) is 0 Å². The lowest BCUT2D eigenvalue weighted by molar-refractivity contribution is 0.690. The topological polar surface area (TPSA) is 26.0 Å². The second-order valence-electron chi connectivity index (χ2n) is 5.31. The maximum atomic E-state index is 6.44. The zero-order valence-electron chi connectivity index (χ0n) is 10.4. The quantitative estimate of drug-likeness (QED) is 0.781. The molecule has 1 aromatic rings. The minimum absolute atomic E-state index is 0.184. The van der Waals surface area contributed by atoms with Gasteiger partial charge in [0.15, 0.2) is 0 Å². The molecule has 2 N–H and O–H groups in total. The van der Waals surface area contributed by atoms with Crippen molar-refractivity contribution in [3.8, 4) is 0 Å². The molecule has 0 spiro atoms. The summed E-state index contributed by atoms with van der Waals surface area (Å²) in [4.78, 5) is 3.01. The normalized spacial score (nSPS) is 21.8. The number of fused-ring (bicyclic) bond motifs is 1. The highest BCUT2D eigenvalue weighted by Crippen LogP contribution is 2.36. The van der Waals surface area contributed by atoms with Crippen molar-refractivity contribution in [2.75, 3.05) is 0 Å². The van der Waals surface area contributed by atoms with E-state index in [4.69, 9.17) is 5.73 Å². The standard InChI is InChI=1S/C15H21NS/c16-15(11-6-3-1-2-4-7-11)14-10-12-8-5-9-13(12)17-14/h6,10,15H,1-5,7-9,16H2. The van der Waals surface area contributed by atoms with Gasteiger partial charge in [0, 0.05) is 9.75 Å². The molecular weight excluding hydrogens is 226 g/mol. The summed E-state index contributed by atoms with van der Waals surface area (Å²) in [5.41, 5.74) is 9.51. The molecule has 0 saturated heterocycles. The fraction of sp³-hybridized carbons (Fsp3) is 0.600. The molecule has 0 radical (unpaired) electrons. The van der Waals surface area contributed by atoms with Gasteiger partial charge in [-0.15, -0.1) is 11.3 Å². The molecule has 1 aromatic heterocycles. The fourth-order valence-corrected chi connectivity index (χ4v) is 4.31. The SMILES string of the molecule is NC(C1=CCCCCC1)c1cc2c(s1)CCC2. The molecule has 17 heavy (non-hydrogen) atoms. The Hall–Kier alpha value is -0.600. The summed E-state index contributed by atoms with van der Waals surface area (Å²) in [5.74, 6) is 0. The van der Waals surface area contributed by atoms with Crippen LogP contribution in [0.2, 0.25) is 0 Å². The van der Waals surface area contributed by atoms with Crippen molar-refractivity contribution in [2.45, 2.75) is 57.4 Å². The second-order valence-corrected chi connectivity index (χ2v) is 6.48. The molecular formula is C15H21NS. The summed E-state index contributed by atoms with van der Waals surface area (Å²) in [5, 5.41) is 0. The van der Waals surface area contributed by atoms with Crippen molar-refractivity contribution in [3.63, 3.8) is 0 Å². The second kappa shape index (κ2) is 4.95. The van der Waals surface area contributed by atoms with E-state index in [0.717, 1.165) is 0 Å². The highest BCUT2D eigenvalue weighted by molar-refractivity contribution is 7.12. The fourth-order valence-electron chi connectivity index (χ4n) is 3.01. The van der Waals surface area contributed by atoms with Crippen LogP contribution in [0.4, 0.5) is 0 Å². The van der Waals surface area contributed by atoms with Crippen LogP contribution < -0.4 is 5.73 Å². The van der Waals surface area contributed by atoms with E-state index in [2.05, 4.69) is 12.1 Å². The molecule has 2 aliphatic rings. The molecule has 1 unspecified atom stereocenters. The third-order valence-electron chi connectivity index (χ3n) is 4.05. The minimum atomic E-state index is 0.184. The zero-order chi connectivity index (χ0) is 11.7. The van der Waals surface area contributed by atoms with Crippen LogP contribution in [0.1, 0.15) is 59.9 Å². The predicted octanol–water partition coefficient (Wildman–Crippen LogP) is 4.13. The van der Waals surface area contributed by atoms with E-state index in [1.165, 1.54) is 61.8 Å². The average Bonchev–Trinajstić information content (AvgIpc) is 2.80. The van der Waals surface area contributed by atoms with Crippen LogP contribution in [0.5, 0.6) is 0 Å². The van der Waals surface area contributed by atoms with Crippen molar-refractivity contribution in [3.05, 3.63) is 33.0 Å². The lowest BCUT2D eigenvalue weighted by Gasteiger charge is -2.13. The van der Waals surface area contributed by atoms with Gasteiger partial charge in [0.05, 0.1) is 6.04 Å². The molecule has 3 rings (SSSR count). The van der Waals surface area contributed by atoms with Crippen LogP contribution in [0.15, 0.2) is 17.7 Å². The van der Waals surface area contributed by atoms with Crippen LogP contribution in [-0.2, 0) is 12.8 Å². The predicted molar refractivity (Wildman–Crippen MR) is 74.4 cm³/mol. The van der Waals surface area contributed by atoms with Gasteiger partial charge in [0.1, 0.15) is 0 Å². The van der Waals surface area contributed by atoms with Crippen molar-refractivity contribution >= 4 is 11.3 Å². The van der Waals surface area contributed by atoms with Gasteiger partial charge in [-0.3, -0.25) is 0 Å². The zero-order valence-corrected chi connectivity index (χ0v) is 11.2. The third-order valence-corrected chi connectivity index (χ3v) is 5.37. The first-order valence-corrected chi connectivity index (χ1v) is 7.72. The molecule has 1 heterocycles. The molecule has 0 aliphatic heterocycles. The number of hydrogen-bond acceptors (Lipinski definition) is 2. The largest absolute Gasteiger partial charge is 0.320 e. The van der Waals surface area contributed by atoms with E-state index < -0.39 is 0 Å². The van der Waals surface area contributed by atoms with Crippen LogP contribution in [0.25, 0.3) is 0 Å². The number of nitrogens with two attached hydrogens (primary N) is 1. The number of thiophene rings is 1. The van der Waals surface area contributed by atoms with Crippen molar-refractivity contribution < 1.29 is 0 Å². The Bertz CT molecular complexity index is 409. The van der Waals surface area contributed by atoms with Gasteiger partial charge in [-0.05, 0) is 56.6 Å². The molecule has 92 valence electrons. The summed E-state index contributed by atoms with van der Waals surface area (Å²) >= 11 is 1.96. The molecule has 1 nitrogen and oxygen atoms in total. The van der Waals surface area contributed by atoms with Crippen molar-refractivity contribution in [1.82, 2.24) is 0 Å². The maximum absolute atomic E-state index is 6.44. The van der Waals surface area contributed by atoms with E-state index in [9.17, 15) is 0 Å². The molecule has 2 aliphatic carbocycles. The summed E-state index contributed by atoms with van der Waals surface area (Å²) in [6.45, 7) is 0. The Morgan fingerprint density at radius 2 is 2.00 bits per heavy atom. The maximum Gasteiger partial charge on any atom is 0.0605 e. The first-order valence-electron chi connectivity index (χ1n) is 6.90. The molecule has 1 atom stereocenters. The minimum Gasteiger partial charge on any atom is -0.320 e. The Balaban J connectivity index is 1.80. The van der Waals surface area contributed by atoms with Crippen LogP contribution >= 0.6 is 11.3 Å². The van der Waals surface area contributed by atoms with Crippen molar-refractivity contribution in [1.29, 1.82) is 0 Å². The van der Waals surface area contributed by atoms with Crippen molar-refractivity contribution in [2.24, 2.45) is 5.73 Å². The van der Waals surface area contributed by atoms with E-state index in [-0.39, 0.29) is 6.04 Å². The smallest absolute Gasteiger partial charge is 0.0605 e. The van der Waals surface area contributed by atoms with Gasteiger partial charge in [-0.1, -0.05) is 18.1 Å². The summed E-state index contributed by atoms with van der Waals surface area (Å²) in [6.07, 6.45) is 12.8. The first kappa shape index (κ1) is 11.5. The third kappa shape index (κ3) is 2.34. The number of allylic oxidation sites excluding steroid dienone is 1. The molecule has 2 heteroatoms. The highest BCUT2D eigenvalue weighted by Gasteiger charge is 2.20. The van der Waals surface area contributed by atoms with Gasteiger partial charge < -0.3 is 5.73 Å². The van der Waals surface area contributed by atoms with Gasteiger partial charge in [-0.2, -0.15) is 0 Å². The Kier molecular flexibility index (Phi) is 3.34. The molecule has 0 amide bonds. The van der Waals surface area contributed by atoms with Gasteiger partial charge in [-0.25, -0.2) is 0 Å². The van der Waals surface area contributed by atoms with Crippen LogP contribution in [-0.4, -0.2) is 0 Å². The van der Waals surface area contributed by atoms with Crippen LogP contribution in [0.3, 0.4) is 0 Å². The van der Waals surface area contributed by atoms with E-state index >= 15 is 0 Å². The van der Waals surface area contributed by atoms with Crippen LogP contribution in [0, 0.1) is 0 Å². The van der Waals surface area contributed by atoms with E-state index in [0.29, 0.717) is 0 Å². The summed E-state index contributed by atoms with van der Waals surface area (Å²) in [6, 6.07) is 2.56. The first-order chi connectivity index (χ1) is 8.34. The van der Waals surface area contributed by atoms with E-state index in [1.807, 2.05) is 11.3 Å². The molecule has 0 bridgehead atoms. The lowest BCUT2D eigenvalue weighted by Crippen LogP contribution is -2.11. The monoisotopic (exact) mass is 247 g/mol. The van der Waals surface area contributed by atoms with Gasteiger partial charge in [0.25, 0.3) is 0 Å². The lowest BCUT2D eigenvalue weighted by atomic mass is 10.0. The summed E-state index contributed by atoms with van der Waals surface area (Å²) < 4.78 is 0. The highest BCUT2D eigenvalue weighted by atomic mass is 32.1. The van der Waals surface area contributed by atoms with Gasteiger partial charge >= 0.3 is 0 Å². The molecule has 0 aromatic carbocycles. The Morgan fingerprint density at radius 3 is 2.88 bits per heavy atom. The molecule has 0 saturated carbocycles. The average molecular weight is 247 g/mol.